The molecule has 0 atom stereocenters. The maximum Gasteiger partial charge on any atom is 0.312 e. The van der Waals surface area contributed by atoms with E-state index in [0.29, 0.717) is 6.54 Å². The summed E-state index contributed by atoms with van der Waals surface area (Å²) in [6, 6.07) is 1.79. The van der Waals surface area contributed by atoms with Crippen LogP contribution in [0.1, 0.15) is 29.9 Å². The molecule has 0 bridgehead atoms. The van der Waals surface area contributed by atoms with Gasteiger partial charge in [-0.05, 0) is 18.9 Å². The summed E-state index contributed by atoms with van der Waals surface area (Å²) in [7, 11) is 2.13. The molecule has 1 saturated heterocycles. The van der Waals surface area contributed by atoms with Crippen LogP contribution < -0.4 is 11.1 Å². The molecule has 7 heteroatoms. The van der Waals surface area contributed by atoms with Crippen LogP contribution in [0.25, 0.3) is 5.57 Å². The summed E-state index contributed by atoms with van der Waals surface area (Å²) in [6.07, 6.45) is 9.26. The molecule has 0 saturated carbocycles. The van der Waals surface area contributed by atoms with Gasteiger partial charge in [0.2, 0.25) is 0 Å². The molecule has 2 aromatic heterocycles. The van der Waals surface area contributed by atoms with Crippen molar-refractivity contribution in [3.8, 4) is 0 Å². The third kappa shape index (κ3) is 3.14. The van der Waals surface area contributed by atoms with Gasteiger partial charge in [0.05, 0.1) is 0 Å². The highest BCUT2D eigenvalue weighted by molar-refractivity contribution is 5.81. The lowest BCUT2D eigenvalue weighted by Gasteiger charge is -2.29. The van der Waals surface area contributed by atoms with Crippen molar-refractivity contribution in [1.82, 2.24) is 24.3 Å². The molecule has 0 unspecified atom stereocenters. The minimum absolute atomic E-state index is 0.452. The molecule has 0 aliphatic carbocycles. The van der Waals surface area contributed by atoms with Gasteiger partial charge < -0.3 is 25.1 Å². The third-order valence-corrected chi connectivity index (χ3v) is 5.54. The van der Waals surface area contributed by atoms with Gasteiger partial charge in [-0.1, -0.05) is 5.57 Å². The van der Waals surface area contributed by atoms with Gasteiger partial charge in [0.25, 0.3) is 0 Å². The summed E-state index contributed by atoms with van der Waals surface area (Å²) in [4.78, 5) is 17.9. The van der Waals surface area contributed by atoms with Crippen molar-refractivity contribution < 1.29 is 4.79 Å². The Bertz CT molecular complexity index is 836. The first kappa shape index (κ1) is 16.9. The highest BCUT2D eigenvalue weighted by Crippen LogP contribution is 2.35. The second kappa shape index (κ2) is 6.99. The van der Waals surface area contributed by atoms with Crippen molar-refractivity contribution in [1.29, 1.82) is 0 Å². The van der Waals surface area contributed by atoms with Gasteiger partial charge in [0.15, 0.2) is 0 Å². The van der Waals surface area contributed by atoms with E-state index >= 15 is 0 Å². The number of aryl methyl sites for hydroxylation is 2. The lowest BCUT2D eigenvalue weighted by atomic mass is 9.92. The molecule has 4 rings (SSSR count). The third-order valence-electron chi connectivity index (χ3n) is 5.54. The van der Waals surface area contributed by atoms with Crippen LogP contribution in [0, 0.1) is 0 Å². The molecular formula is C19H26N6O. The number of rotatable bonds is 3. The van der Waals surface area contributed by atoms with Gasteiger partial charge in [0.1, 0.15) is 5.82 Å². The fourth-order valence-electron chi connectivity index (χ4n) is 4.15. The minimum Gasteiger partial charge on any atom is -0.354 e. The predicted molar refractivity (Wildman–Crippen MR) is 101 cm³/mol. The Morgan fingerprint density at radius 2 is 2.04 bits per heavy atom. The quantitative estimate of drug-likeness (QED) is 0.873. The van der Waals surface area contributed by atoms with Crippen LogP contribution in [0.4, 0.5) is 4.79 Å². The Labute approximate surface area is 153 Å². The number of imidazole rings is 1. The molecule has 0 radical (unpaired) electrons. The van der Waals surface area contributed by atoms with Crippen molar-refractivity contribution in [3.63, 3.8) is 0 Å². The molecule has 3 N–H and O–H groups in total. The summed E-state index contributed by atoms with van der Waals surface area (Å²) >= 11 is 0. The number of urea groups is 1. The first-order valence-corrected chi connectivity index (χ1v) is 9.27. The number of piperidine rings is 1. The Morgan fingerprint density at radius 1 is 1.23 bits per heavy atom. The maximum atomic E-state index is 10.8. The molecule has 26 heavy (non-hydrogen) atoms. The molecular weight excluding hydrogens is 328 g/mol. The number of nitrogens with two attached hydrogens (primary N) is 1. The number of nitrogens with one attached hydrogen (secondary N) is 1. The molecule has 0 aromatic carbocycles. The number of carbonyl (C=O) groups excluding carboxylic acids is 1. The van der Waals surface area contributed by atoms with Crippen LogP contribution in [-0.2, 0) is 20.0 Å². The van der Waals surface area contributed by atoms with Crippen molar-refractivity contribution in [2.24, 2.45) is 12.8 Å². The molecule has 4 heterocycles. The van der Waals surface area contributed by atoms with Crippen LogP contribution in [0.2, 0.25) is 0 Å². The number of aromatic nitrogens is 3. The topological polar surface area (TPSA) is 81.1 Å². The lowest BCUT2D eigenvalue weighted by molar-refractivity contribution is 0.238. The number of primary amides is 1. The minimum atomic E-state index is -0.452. The normalized spacial score (nSPS) is 17.6. The Hall–Kier alpha value is -2.54. The largest absolute Gasteiger partial charge is 0.354 e. The maximum absolute atomic E-state index is 10.8. The van der Waals surface area contributed by atoms with Gasteiger partial charge >= 0.3 is 6.03 Å². The number of amides is 2. The van der Waals surface area contributed by atoms with Crippen LogP contribution in [0.5, 0.6) is 0 Å². The van der Waals surface area contributed by atoms with Crippen LogP contribution in [0.15, 0.2) is 30.2 Å². The van der Waals surface area contributed by atoms with E-state index in [2.05, 4.69) is 44.9 Å². The van der Waals surface area contributed by atoms with Gasteiger partial charge in [0, 0.05) is 81.6 Å². The predicted octanol–water partition coefficient (Wildman–Crippen LogP) is 1.34. The summed E-state index contributed by atoms with van der Waals surface area (Å²) in [6.45, 7) is 4.43. The molecule has 2 amide bonds. The van der Waals surface area contributed by atoms with Crippen LogP contribution in [0.3, 0.4) is 0 Å². The van der Waals surface area contributed by atoms with E-state index in [9.17, 15) is 4.79 Å². The van der Waals surface area contributed by atoms with Crippen molar-refractivity contribution in [2.45, 2.75) is 25.8 Å². The Kier molecular flexibility index (Phi) is 4.55. The van der Waals surface area contributed by atoms with E-state index in [1.54, 1.807) is 0 Å². The van der Waals surface area contributed by atoms with Crippen molar-refractivity contribution in [2.75, 3.05) is 26.2 Å². The first-order valence-electron chi connectivity index (χ1n) is 9.27. The fraction of sp³-hybridized carbons (Fsp3) is 0.474. The number of carbonyl (C=O) groups is 1. The van der Waals surface area contributed by atoms with E-state index in [-0.39, 0.29) is 0 Å². The van der Waals surface area contributed by atoms with Crippen LogP contribution in [-0.4, -0.2) is 51.2 Å². The summed E-state index contributed by atoms with van der Waals surface area (Å²) in [5.74, 6) is 1.11. The number of nitrogens with zero attached hydrogens (tertiary/aromatic N) is 4. The fourth-order valence-corrected chi connectivity index (χ4v) is 4.15. The average Bonchev–Trinajstić information content (AvgIpc) is 3.19. The molecule has 2 aliphatic heterocycles. The molecule has 7 nitrogen and oxygen atoms in total. The Balaban J connectivity index is 1.59. The van der Waals surface area contributed by atoms with E-state index < -0.39 is 6.03 Å². The zero-order chi connectivity index (χ0) is 18.1. The highest BCUT2D eigenvalue weighted by Gasteiger charge is 2.26. The second-order valence-electron chi connectivity index (χ2n) is 7.09. The number of hydrogen-bond acceptors (Lipinski definition) is 3. The number of hydrogen-bond donors (Lipinski definition) is 2. The molecule has 0 spiro atoms. The van der Waals surface area contributed by atoms with E-state index in [4.69, 9.17) is 10.7 Å². The zero-order valence-corrected chi connectivity index (χ0v) is 15.2. The van der Waals surface area contributed by atoms with E-state index in [1.807, 2.05) is 6.20 Å². The van der Waals surface area contributed by atoms with E-state index in [1.165, 1.54) is 22.4 Å². The monoisotopic (exact) mass is 354 g/mol. The summed E-state index contributed by atoms with van der Waals surface area (Å²) in [5, 5.41) is 2.67. The number of fused-ring (bicyclic) bond motifs is 2. The van der Waals surface area contributed by atoms with Gasteiger partial charge in [-0.3, -0.25) is 0 Å². The molecule has 1 fully saturated rings. The SMILES string of the molecule is Cn1ccc2c1CCn1ccnc1C2=C1CCN(CCNC(N)=O)CC1. The van der Waals surface area contributed by atoms with Gasteiger partial charge in [-0.25, -0.2) is 9.78 Å². The second-order valence-corrected chi connectivity index (χ2v) is 7.09. The smallest absolute Gasteiger partial charge is 0.312 e. The molecule has 138 valence electrons. The molecule has 2 aromatic rings. The number of likely N-dealkylation sites (tertiary alicyclic amines) is 1. The first-order chi connectivity index (χ1) is 12.6. The highest BCUT2D eigenvalue weighted by atomic mass is 16.2. The van der Waals surface area contributed by atoms with Gasteiger partial charge in [-0.2, -0.15) is 0 Å². The van der Waals surface area contributed by atoms with Crippen molar-refractivity contribution >= 4 is 11.6 Å². The average molecular weight is 354 g/mol. The zero-order valence-electron chi connectivity index (χ0n) is 15.2. The molecule has 2 aliphatic rings. The van der Waals surface area contributed by atoms with E-state index in [0.717, 1.165) is 51.3 Å². The summed E-state index contributed by atoms with van der Waals surface area (Å²) < 4.78 is 4.53. The van der Waals surface area contributed by atoms with Crippen LogP contribution >= 0.6 is 0 Å². The standard InChI is InChI=1S/C19H26N6O/c1-23-8-4-15-16(23)5-11-25-13-7-21-18(25)17(15)14-2-9-24(10-3-14)12-6-22-19(20)26/h4,7-8,13H,2-3,5-6,9-12H2,1H3,(H3,20,22,26). The lowest BCUT2D eigenvalue weighted by Crippen LogP contribution is -2.39. The summed E-state index contributed by atoms with van der Waals surface area (Å²) in [5.41, 5.74) is 10.7. The Morgan fingerprint density at radius 3 is 2.81 bits per heavy atom. The van der Waals surface area contributed by atoms with Gasteiger partial charge in [-0.15, -0.1) is 0 Å². The van der Waals surface area contributed by atoms with Crippen molar-refractivity contribution in [3.05, 3.63) is 47.3 Å².